The van der Waals surface area contributed by atoms with Gasteiger partial charge in [-0.15, -0.1) is 10.2 Å². The average molecular weight is 251 g/mol. The molecule has 1 aromatic rings. The molecule has 1 aromatic heterocycles. The number of aromatic nitrogens is 4. The third-order valence-electron chi connectivity index (χ3n) is 2.57. The molecule has 18 heavy (non-hydrogen) atoms. The molecule has 0 aliphatic rings. The SMILES string of the molecule is CN=CCC(C)(C)Cc1nnn(CC(C)(C)C)n1. The Morgan fingerprint density at radius 2 is 1.89 bits per heavy atom. The topological polar surface area (TPSA) is 56.0 Å². The fourth-order valence-electron chi connectivity index (χ4n) is 1.68. The standard InChI is InChI=1S/C13H25N5/c1-12(2,3)10-18-16-11(15-17-18)9-13(4,5)7-8-14-6/h8H,7,9-10H2,1-6H3. The maximum Gasteiger partial charge on any atom is 0.175 e. The average Bonchev–Trinajstić information content (AvgIpc) is 2.59. The van der Waals surface area contributed by atoms with E-state index in [0.29, 0.717) is 0 Å². The van der Waals surface area contributed by atoms with Crippen LogP contribution >= 0.6 is 0 Å². The molecule has 0 unspecified atom stereocenters. The van der Waals surface area contributed by atoms with E-state index in [2.05, 4.69) is 55.0 Å². The molecule has 0 radical (unpaired) electrons. The lowest BCUT2D eigenvalue weighted by molar-refractivity contribution is 0.298. The van der Waals surface area contributed by atoms with E-state index in [1.54, 1.807) is 11.8 Å². The van der Waals surface area contributed by atoms with Crippen molar-refractivity contribution in [1.82, 2.24) is 20.2 Å². The molecule has 102 valence electrons. The fraction of sp³-hybridized carbons (Fsp3) is 0.846. The summed E-state index contributed by atoms with van der Waals surface area (Å²) in [4.78, 5) is 5.72. The molecule has 0 N–H and O–H groups in total. The Kier molecular flexibility index (Phi) is 4.59. The minimum Gasteiger partial charge on any atom is -0.301 e. The van der Waals surface area contributed by atoms with Crippen LogP contribution in [0.25, 0.3) is 0 Å². The zero-order valence-corrected chi connectivity index (χ0v) is 12.4. The number of rotatable bonds is 5. The second-order valence-corrected chi connectivity index (χ2v) is 6.78. The Labute approximate surface area is 110 Å². The van der Waals surface area contributed by atoms with Gasteiger partial charge >= 0.3 is 0 Å². The van der Waals surface area contributed by atoms with Crippen molar-refractivity contribution >= 4 is 6.21 Å². The third-order valence-corrected chi connectivity index (χ3v) is 2.57. The maximum atomic E-state index is 4.44. The molecule has 0 aliphatic carbocycles. The summed E-state index contributed by atoms with van der Waals surface area (Å²) in [6.07, 6.45) is 3.69. The molecule has 0 saturated carbocycles. The molecular weight excluding hydrogens is 226 g/mol. The van der Waals surface area contributed by atoms with Crippen molar-refractivity contribution in [3.63, 3.8) is 0 Å². The Morgan fingerprint density at radius 1 is 1.22 bits per heavy atom. The van der Waals surface area contributed by atoms with E-state index in [1.165, 1.54) is 0 Å². The fourth-order valence-corrected chi connectivity index (χ4v) is 1.68. The van der Waals surface area contributed by atoms with Crippen LogP contribution in [0.5, 0.6) is 0 Å². The maximum absolute atomic E-state index is 4.44. The van der Waals surface area contributed by atoms with Crippen LogP contribution in [0.2, 0.25) is 0 Å². The van der Waals surface area contributed by atoms with Crippen molar-refractivity contribution in [2.75, 3.05) is 7.05 Å². The van der Waals surface area contributed by atoms with Crippen molar-refractivity contribution in [2.24, 2.45) is 15.8 Å². The van der Waals surface area contributed by atoms with Gasteiger partial charge in [-0.05, 0) is 28.7 Å². The minimum atomic E-state index is 0.120. The Balaban J connectivity index is 2.63. The summed E-state index contributed by atoms with van der Waals surface area (Å²) in [6, 6.07) is 0. The Bertz CT molecular complexity index is 398. The Morgan fingerprint density at radius 3 is 2.44 bits per heavy atom. The minimum absolute atomic E-state index is 0.120. The lowest BCUT2D eigenvalue weighted by atomic mass is 9.86. The molecule has 0 fully saturated rings. The first kappa shape index (κ1) is 14.8. The predicted molar refractivity (Wildman–Crippen MR) is 73.8 cm³/mol. The molecule has 5 heteroatoms. The smallest absolute Gasteiger partial charge is 0.175 e. The summed E-state index contributed by atoms with van der Waals surface area (Å²) in [5.41, 5.74) is 0.289. The number of hydrogen-bond donors (Lipinski definition) is 0. The van der Waals surface area contributed by atoms with Crippen LogP contribution in [0.1, 0.15) is 46.9 Å². The zero-order valence-electron chi connectivity index (χ0n) is 12.4. The van der Waals surface area contributed by atoms with Crippen LogP contribution in [-0.4, -0.2) is 33.5 Å². The number of aliphatic imine (C=N–C) groups is 1. The highest BCUT2D eigenvalue weighted by molar-refractivity contribution is 5.57. The normalized spacial score (nSPS) is 13.4. The van der Waals surface area contributed by atoms with Crippen LogP contribution in [0.3, 0.4) is 0 Å². The highest BCUT2D eigenvalue weighted by atomic mass is 15.6. The monoisotopic (exact) mass is 251 g/mol. The molecule has 0 saturated heterocycles. The molecule has 1 heterocycles. The molecule has 0 aromatic carbocycles. The van der Waals surface area contributed by atoms with E-state index in [1.807, 2.05) is 6.21 Å². The van der Waals surface area contributed by atoms with Crippen molar-refractivity contribution in [3.8, 4) is 0 Å². The number of tetrazole rings is 1. The summed E-state index contributed by atoms with van der Waals surface area (Å²) in [5.74, 6) is 0.814. The Hall–Kier alpha value is -1.26. The van der Waals surface area contributed by atoms with Gasteiger partial charge in [0.2, 0.25) is 0 Å². The molecule has 0 amide bonds. The van der Waals surface area contributed by atoms with Crippen LogP contribution in [0, 0.1) is 10.8 Å². The largest absolute Gasteiger partial charge is 0.301 e. The van der Waals surface area contributed by atoms with Gasteiger partial charge in [0.1, 0.15) is 0 Å². The van der Waals surface area contributed by atoms with Gasteiger partial charge in [0.05, 0.1) is 6.54 Å². The summed E-state index contributed by atoms with van der Waals surface area (Å²) in [7, 11) is 1.80. The van der Waals surface area contributed by atoms with Gasteiger partial charge in [-0.2, -0.15) is 4.80 Å². The second-order valence-electron chi connectivity index (χ2n) is 6.78. The predicted octanol–water partition coefficient (Wildman–Crippen LogP) is 2.38. The molecule has 0 atom stereocenters. The third kappa shape index (κ3) is 5.38. The zero-order chi connectivity index (χ0) is 13.8. The van der Waals surface area contributed by atoms with Gasteiger partial charge in [-0.3, -0.25) is 0 Å². The lowest BCUT2D eigenvalue weighted by Gasteiger charge is -2.20. The molecule has 1 rings (SSSR count). The summed E-state index contributed by atoms with van der Waals surface area (Å²) >= 11 is 0. The quantitative estimate of drug-likeness (QED) is 0.755. The second kappa shape index (κ2) is 5.59. The van der Waals surface area contributed by atoms with E-state index >= 15 is 0 Å². The van der Waals surface area contributed by atoms with Crippen molar-refractivity contribution in [1.29, 1.82) is 0 Å². The first-order valence-corrected chi connectivity index (χ1v) is 6.39. The van der Waals surface area contributed by atoms with Gasteiger partial charge in [0.15, 0.2) is 5.82 Å². The first-order chi connectivity index (χ1) is 8.22. The van der Waals surface area contributed by atoms with Gasteiger partial charge in [0.25, 0.3) is 0 Å². The van der Waals surface area contributed by atoms with E-state index < -0.39 is 0 Å². The lowest BCUT2D eigenvalue weighted by Crippen LogP contribution is -2.19. The summed E-state index contributed by atoms with van der Waals surface area (Å²) < 4.78 is 0. The molecule has 0 aliphatic heterocycles. The van der Waals surface area contributed by atoms with Gasteiger partial charge in [-0.1, -0.05) is 34.6 Å². The molecule has 0 bridgehead atoms. The van der Waals surface area contributed by atoms with Gasteiger partial charge in [-0.25, -0.2) is 0 Å². The molecular formula is C13H25N5. The number of hydrogen-bond acceptors (Lipinski definition) is 4. The summed E-state index contributed by atoms with van der Waals surface area (Å²) in [6.45, 7) is 11.7. The van der Waals surface area contributed by atoms with Crippen molar-refractivity contribution in [3.05, 3.63) is 5.82 Å². The van der Waals surface area contributed by atoms with Gasteiger partial charge < -0.3 is 4.99 Å². The highest BCUT2D eigenvalue weighted by Crippen LogP contribution is 2.23. The van der Waals surface area contributed by atoms with Crippen LogP contribution < -0.4 is 0 Å². The van der Waals surface area contributed by atoms with E-state index in [0.717, 1.165) is 25.2 Å². The highest BCUT2D eigenvalue weighted by Gasteiger charge is 2.21. The van der Waals surface area contributed by atoms with E-state index in [-0.39, 0.29) is 10.8 Å². The number of nitrogens with zero attached hydrogens (tertiary/aromatic N) is 5. The van der Waals surface area contributed by atoms with Crippen molar-refractivity contribution < 1.29 is 0 Å². The molecule has 5 nitrogen and oxygen atoms in total. The van der Waals surface area contributed by atoms with Crippen LogP contribution in [0.15, 0.2) is 4.99 Å². The van der Waals surface area contributed by atoms with E-state index in [4.69, 9.17) is 0 Å². The summed E-state index contributed by atoms with van der Waals surface area (Å²) in [5, 5.41) is 12.7. The van der Waals surface area contributed by atoms with Crippen molar-refractivity contribution in [2.45, 2.75) is 54.0 Å². The first-order valence-electron chi connectivity index (χ1n) is 6.39. The van der Waals surface area contributed by atoms with E-state index in [9.17, 15) is 0 Å². The van der Waals surface area contributed by atoms with Gasteiger partial charge in [0, 0.05) is 13.5 Å². The van der Waals surface area contributed by atoms with Crippen LogP contribution in [0.4, 0.5) is 0 Å². The van der Waals surface area contributed by atoms with Crippen LogP contribution in [-0.2, 0) is 13.0 Å². The molecule has 0 spiro atoms.